The van der Waals surface area contributed by atoms with Gasteiger partial charge in [-0.1, -0.05) is 12.0 Å². The Labute approximate surface area is 269 Å². The van der Waals surface area contributed by atoms with E-state index in [0.717, 1.165) is 32.2 Å². The first-order valence-electron chi connectivity index (χ1n) is 16.3. The van der Waals surface area contributed by atoms with Crippen LogP contribution in [0.5, 0.6) is 11.8 Å². The Balaban J connectivity index is 1.27. The molecule has 47 heavy (non-hydrogen) atoms. The summed E-state index contributed by atoms with van der Waals surface area (Å²) in [6, 6.07) is 6.08. The number of alkyl halides is 1. The topological polar surface area (TPSA) is 89.9 Å². The Morgan fingerprint density at radius 2 is 1.98 bits per heavy atom. The van der Waals surface area contributed by atoms with E-state index in [4.69, 9.17) is 21.1 Å². The molecular weight excluding hydrogens is 607 g/mol. The van der Waals surface area contributed by atoms with Gasteiger partial charge in [-0.25, -0.2) is 18.2 Å². The number of benzene rings is 2. The zero-order valence-electron chi connectivity index (χ0n) is 25.9. The molecule has 12 heteroatoms. The zero-order chi connectivity index (χ0) is 32.2. The van der Waals surface area contributed by atoms with Crippen LogP contribution in [0.3, 0.4) is 0 Å². The first-order chi connectivity index (χ1) is 22.7. The third-order valence-corrected chi connectivity index (χ3v) is 11.1. The van der Waals surface area contributed by atoms with Crippen LogP contribution in [0.15, 0.2) is 24.3 Å². The molecule has 2 bridgehead atoms. The number of halogens is 3. The predicted molar refractivity (Wildman–Crippen MR) is 173 cm³/mol. The number of aromatic hydroxyl groups is 1. The Kier molecular flexibility index (Phi) is 6.34. The highest BCUT2D eigenvalue weighted by atomic mass is 19.1. The van der Waals surface area contributed by atoms with Gasteiger partial charge in [-0.05, 0) is 55.8 Å². The monoisotopic (exact) mass is 641 g/mol. The molecule has 2 N–H and O–H groups in total. The molecule has 5 aliphatic rings. The normalized spacial score (nSPS) is 28.1. The highest BCUT2D eigenvalue weighted by Gasteiger charge is 2.50. The lowest BCUT2D eigenvalue weighted by atomic mass is 9.95. The summed E-state index contributed by atoms with van der Waals surface area (Å²) in [4.78, 5) is 20.9. The lowest BCUT2D eigenvalue weighted by Gasteiger charge is -2.41. The highest BCUT2D eigenvalue weighted by Crippen LogP contribution is 2.46. The summed E-state index contributed by atoms with van der Waals surface area (Å²) in [7, 11) is 1.91. The molecular formula is C35H34F3N7O2. The number of rotatable bonds is 4. The van der Waals surface area contributed by atoms with Crippen LogP contribution in [0.1, 0.15) is 37.7 Å². The first kappa shape index (κ1) is 28.8. The largest absolute Gasteiger partial charge is 0.508 e. The van der Waals surface area contributed by atoms with Crippen molar-refractivity contribution >= 4 is 33.3 Å². The summed E-state index contributed by atoms with van der Waals surface area (Å²) >= 11 is 0. The maximum atomic E-state index is 17.2. The molecule has 0 aliphatic carbocycles. The number of fused-ring (bicyclic) bond motifs is 7. The van der Waals surface area contributed by atoms with Gasteiger partial charge in [-0.15, -0.1) is 6.42 Å². The van der Waals surface area contributed by atoms with Crippen LogP contribution in [0.4, 0.5) is 24.8 Å². The van der Waals surface area contributed by atoms with E-state index in [1.54, 1.807) is 0 Å². The zero-order valence-corrected chi connectivity index (χ0v) is 25.9. The van der Waals surface area contributed by atoms with Crippen molar-refractivity contribution in [1.29, 1.82) is 0 Å². The quantitative estimate of drug-likeness (QED) is 0.312. The third kappa shape index (κ3) is 4.29. The van der Waals surface area contributed by atoms with Gasteiger partial charge in [-0.3, -0.25) is 4.90 Å². The number of likely N-dealkylation sites (N-methyl/N-ethyl adjacent to an activating group) is 1. The number of phenolic OH excluding ortho intramolecular Hbond substituents is 1. The van der Waals surface area contributed by atoms with Gasteiger partial charge in [0.2, 0.25) is 0 Å². The number of aromatic nitrogens is 3. The SMILES string of the molecule is C#Cc1c(F)ccc2cc(O)cc(-c3nc4c5c(nc(OC[C@@]67CCCN6C[C@H](F)C7)nc5c3F)N3CC5CCC(N5)[C@@H]3CN4C)c12. The van der Waals surface area contributed by atoms with Crippen molar-refractivity contribution in [3.8, 4) is 35.4 Å². The van der Waals surface area contributed by atoms with E-state index in [1.165, 1.54) is 24.3 Å². The number of nitrogens with one attached hydrogen (secondary N) is 1. The van der Waals surface area contributed by atoms with Crippen LogP contribution >= 0.6 is 0 Å². The minimum atomic E-state index is -0.919. The molecule has 2 aromatic heterocycles. The molecule has 5 aliphatic heterocycles. The fourth-order valence-electron chi connectivity index (χ4n) is 8.97. The van der Waals surface area contributed by atoms with Gasteiger partial charge in [0.1, 0.15) is 47.2 Å². The van der Waals surface area contributed by atoms with Crippen molar-refractivity contribution in [3.05, 3.63) is 41.5 Å². The van der Waals surface area contributed by atoms with Crippen LogP contribution in [-0.2, 0) is 0 Å². The van der Waals surface area contributed by atoms with Gasteiger partial charge < -0.3 is 25.0 Å². The molecule has 0 amide bonds. The number of nitrogens with zero attached hydrogens (tertiary/aromatic N) is 6. The van der Waals surface area contributed by atoms with Crippen molar-refractivity contribution in [1.82, 2.24) is 25.2 Å². The van der Waals surface area contributed by atoms with Gasteiger partial charge >= 0.3 is 6.01 Å². The molecule has 2 aromatic carbocycles. The fourth-order valence-corrected chi connectivity index (χ4v) is 8.97. The number of hydrogen-bond acceptors (Lipinski definition) is 9. The molecule has 0 saturated carbocycles. The van der Waals surface area contributed by atoms with Crippen LogP contribution < -0.4 is 19.9 Å². The van der Waals surface area contributed by atoms with E-state index in [0.29, 0.717) is 48.5 Å². The van der Waals surface area contributed by atoms with E-state index in [9.17, 15) is 9.50 Å². The van der Waals surface area contributed by atoms with Crippen molar-refractivity contribution < 1.29 is 23.0 Å². The molecule has 4 aromatic rings. The Morgan fingerprint density at radius 3 is 2.83 bits per heavy atom. The molecule has 0 spiro atoms. The summed E-state index contributed by atoms with van der Waals surface area (Å²) in [5, 5.41) is 15.6. The number of piperazine rings is 1. The van der Waals surface area contributed by atoms with E-state index in [2.05, 4.69) is 26.0 Å². The molecule has 2 unspecified atom stereocenters. The molecule has 9 rings (SSSR count). The van der Waals surface area contributed by atoms with Gasteiger partial charge in [0.25, 0.3) is 0 Å². The number of anilines is 2. The van der Waals surface area contributed by atoms with E-state index < -0.39 is 23.3 Å². The Bertz CT molecular complexity index is 2020. The number of phenols is 1. The average Bonchev–Trinajstić information content (AvgIpc) is 3.70. The van der Waals surface area contributed by atoms with Gasteiger partial charge in [-0.2, -0.15) is 9.97 Å². The average molecular weight is 642 g/mol. The van der Waals surface area contributed by atoms with E-state index in [1.807, 2.05) is 11.9 Å². The minimum Gasteiger partial charge on any atom is -0.508 e. The Morgan fingerprint density at radius 1 is 1.11 bits per heavy atom. The van der Waals surface area contributed by atoms with Crippen molar-refractivity contribution in [2.75, 3.05) is 49.6 Å². The molecule has 4 saturated heterocycles. The van der Waals surface area contributed by atoms with E-state index >= 15 is 8.78 Å². The maximum Gasteiger partial charge on any atom is 0.319 e. The lowest BCUT2D eigenvalue weighted by Crippen LogP contribution is -2.61. The van der Waals surface area contributed by atoms with Gasteiger partial charge in [0, 0.05) is 56.1 Å². The first-order valence-corrected chi connectivity index (χ1v) is 16.3. The van der Waals surface area contributed by atoms with Crippen molar-refractivity contribution in [3.63, 3.8) is 0 Å². The molecule has 4 fully saturated rings. The maximum absolute atomic E-state index is 17.2. The number of hydrogen-bond donors (Lipinski definition) is 2. The van der Waals surface area contributed by atoms with Crippen LogP contribution in [-0.4, -0.2) is 94.6 Å². The van der Waals surface area contributed by atoms with Gasteiger partial charge in [0.15, 0.2) is 5.82 Å². The second-order valence-electron chi connectivity index (χ2n) is 13.8. The van der Waals surface area contributed by atoms with Crippen molar-refractivity contribution in [2.45, 2.75) is 61.9 Å². The number of terminal acetylenes is 1. The number of ether oxygens (including phenoxy) is 1. The lowest BCUT2D eigenvalue weighted by molar-refractivity contribution is 0.107. The second-order valence-corrected chi connectivity index (χ2v) is 13.8. The predicted octanol–water partition coefficient (Wildman–Crippen LogP) is 4.52. The summed E-state index contributed by atoms with van der Waals surface area (Å²) in [6.45, 7) is 2.67. The summed E-state index contributed by atoms with van der Waals surface area (Å²) in [5.41, 5.74) is -0.440. The molecule has 242 valence electrons. The van der Waals surface area contributed by atoms with Gasteiger partial charge in [0.05, 0.1) is 22.5 Å². The summed E-state index contributed by atoms with van der Waals surface area (Å²) in [6.07, 6.45) is 9.04. The van der Waals surface area contributed by atoms with Crippen LogP contribution in [0.25, 0.3) is 32.9 Å². The molecule has 9 nitrogen and oxygen atoms in total. The minimum absolute atomic E-state index is 0.00843. The fraction of sp³-hybridized carbons (Fsp3) is 0.457. The van der Waals surface area contributed by atoms with E-state index in [-0.39, 0.29) is 64.2 Å². The smallest absolute Gasteiger partial charge is 0.319 e. The Hall–Kier alpha value is -4.34. The number of pyridine rings is 1. The summed E-state index contributed by atoms with van der Waals surface area (Å²) in [5.74, 6) is 1.90. The van der Waals surface area contributed by atoms with Crippen LogP contribution in [0.2, 0.25) is 0 Å². The van der Waals surface area contributed by atoms with Crippen molar-refractivity contribution in [2.24, 2.45) is 0 Å². The standard InChI is InChI=1S/C35H34F3N7O2/c1-3-22-24(37)7-5-18-11-21(46)12-23(27(18)22)30-29(38)31-28-32(40-30)43(2)16-26-25-8-6-20(39-25)15-45(26)33(28)42-34(41-31)47-17-35-9-4-10-44(35)14-19(36)13-35/h1,5,7,11-12,19-20,25-26,39,46H,4,6,8-10,13-17H2,2H3/t19-,20?,25?,26+,35+/m1/s1. The second kappa shape index (κ2) is 10.3. The summed E-state index contributed by atoms with van der Waals surface area (Å²) < 4.78 is 53.1. The third-order valence-electron chi connectivity index (χ3n) is 11.1. The molecule has 7 heterocycles. The molecule has 5 atom stereocenters. The highest BCUT2D eigenvalue weighted by molar-refractivity contribution is 6.06. The molecule has 0 radical (unpaired) electrons. The van der Waals surface area contributed by atoms with Crippen LogP contribution in [0, 0.1) is 24.0 Å².